The maximum atomic E-state index is 12.9. The topological polar surface area (TPSA) is 72.8 Å². The molecule has 0 bridgehead atoms. The van der Waals surface area contributed by atoms with Gasteiger partial charge < -0.3 is 14.6 Å². The number of aromatic hydroxyl groups is 1. The summed E-state index contributed by atoms with van der Waals surface area (Å²) in [5.41, 5.74) is 5.85. The highest BCUT2D eigenvalue weighted by atomic mass is 16.5. The first-order chi connectivity index (χ1) is 21.5. The molecule has 45 heavy (non-hydrogen) atoms. The van der Waals surface area contributed by atoms with Gasteiger partial charge in [0.25, 0.3) is 0 Å². The van der Waals surface area contributed by atoms with Gasteiger partial charge in [0.2, 0.25) is 0 Å². The van der Waals surface area contributed by atoms with Gasteiger partial charge in [-0.1, -0.05) is 101 Å². The summed E-state index contributed by atoms with van der Waals surface area (Å²) in [6, 6.07) is 28.1. The van der Waals surface area contributed by atoms with Crippen LogP contribution < -0.4 is 9.47 Å². The third-order valence-corrected chi connectivity index (χ3v) is 7.65. The Bertz CT molecular complexity index is 1600. The maximum absolute atomic E-state index is 12.9. The van der Waals surface area contributed by atoms with Crippen LogP contribution >= 0.6 is 0 Å². The lowest BCUT2D eigenvalue weighted by molar-refractivity contribution is -0.136. The van der Waals surface area contributed by atoms with Crippen LogP contribution in [0.1, 0.15) is 86.8 Å². The molecule has 1 N–H and O–H groups in total. The number of hydrogen-bond acceptors (Lipinski definition) is 5. The fourth-order valence-corrected chi connectivity index (χ4v) is 5.11. The summed E-state index contributed by atoms with van der Waals surface area (Å²) in [6.45, 7) is 12.4. The van der Waals surface area contributed by atoms with E-state index in [1.165, 1.54) is 17.2 Å². The van der Waals surface area contributed by atoms with Crippen LogP contribution in [0.4, 0.5) is 0 Å². The Kier molecular flexibility index (Phi) is 11.4. The molecule has 0 radical (unpaired) electrons. The first kappa shape index (κ1) is 33.3. The first-order valence-corrected chi connectivity index (χ1v) is 15.7. The SMILES string of the molecule is CC(C)Cc1ccc(C(C)C(=O)Oc2ccc(/C=C/c3cc(O)cc(OC(=O)C(C)c4ccc(CC(C)C)cc4)c3)cc2)cc1. The molecule has 4 rings (SSSR count). The highest BCUT2D eigenvalue weighted by molar-refractivity contribution is 5.81. The lowest BCUT2D eigenvalue weighted by Crippen LogP contribution is -2.16. The predicted octanol–water partition coefficient (Wildman–Crippen LogP) is 9.38. The molecule has 4 aromatic rings. The average Bonchev–Trinajstić information content (AvgIpc) is 3.00. The van der Waals surface area contributed by atoms with Gasteiger partial charge in [0.1, 0.15) is 17.2 Å². The zero-order valence-corrected chi connectivity index (χ0v) is 27.1. The zero-order valence-electron chi connectivity index (χ0n) is 27.1. The van der Waals surface area contributed by atoms with Gasteiger partial charge in [-0.3, -0.25) is 9.59 Å². The quantitative estimate of drug-likeness (QED) is 0.0991. The molecule has 0 fully saturated rings. The smallest absolute Gasteiger partial charge is 0.318 e. The van der Waals surface area contributed by atoms with Crippen LogP contribution in [0.5, 0.6) is 17.2 Å². The minimum absolute atomic E-state index is 0.00316. The summed E-state index contributed by atoms with van der Waals surface area (Å²) in [6.07, 6.45) is 5.69. The van der Waals surface area contributed by atoms with Gasteiger partial charge in [0.05, 0.1) is 11.8 Å². The molecule has 2 atom stereocenters. The minimum Gasteiger partial charge on any atom is -0.508 e. The van der Waals surface area contributed by atoms with Crippen LogP contribution in [0.15, 0.2) is 91.0 Å². The molecule has 0 spiro atoms. The fourth-order valence-electron chi connectivity index (χ4n) is 5.11. The van der Waals surface area contributed by atoms with Crippen LogP contribution in [0, 0.1) is 11.8 Å². The molecule has 0 aliphatic carbocycles. The molecule has 4 aromatic carbocycles. The first-order valence-electron chi connectivity index (χ1n) is 15.7. The Hall–Kier alpha value is -4.64. The van der Waals surface area contributed by atoms with E-state index < -0.39 is 11.9 Å². The Balaban J connectivity index is 1.34. The molecule has 0 aromatic heterocycles. The molecule has 0 aliphatic heterocycles. The Morgan fingerprint density at radius 3 is 1.49 bits per heavy atom. The van der Waals surface area contributed by atoms with E-state index in [-0.39, 0.29) is 23.4 Å². The molecular formula is C40H44O5. The predicted molar refractivity (Wildman–Crippen MR) is 182 cm³/mol. The third kappa shape index (κ3) is 9.94. The van der Waals surface area contributed by atoms with Crippen molar-refractivity contribution < 1.29 is 24.2 Å². The van der Waals surface area contributed by atoms with Crippen molar-refractivity contribution in [1.29, 1.82) is 0 Å². The van der Waals surface area contributed by atoms with Crippen molar-refractivity contribution in [1.82, 2.24) is 0 Å². The average molecular weight is 605 g/mol. The number of carbonyl (C=O) groups excluding carboxylic acids is 2. The van der Waals surface area contributed by atoms with Gasteiger partial charge in [-0.05, 0) is 96.2 Å². The van der Waals surface area contributed by atoms with Gasteiger partial charge in [-0.15, -0.1) is 0 Å². The minimum atomic E-state index is -0.453. The van der Waals surface area contributed by atoms with Gasteiger partial charge in [-0.25, -0.2) is 0 Å². The van der Waals surface area contributed by atoms with Gasteiger partial charge in [0.15, 0.2) is 0 Å². The van der Waals surface area contributed by atoms with E-state index in [1.54, 1.807) is 24.3 Å². The highest BCUT2D eigenvalue weighted by Gasteiger charge is 2.19. The number of phenols is 1. The van der Waals surface area contributed by atoms with Crippen LogP contribution in [0.3, 0.4) is 0 Å². The van der Waals surface area contributed by atoms with Crippen molar-refractivity contribution in [3.05, 3.63) is 124 Å². The van der Waals surface area contributed by atoms with Crippen molar-refractivity contribution in [2.75, 3.05) is 0 Å². The summed E-state index contributed by atoms with van der Waals surface area (Å²) < 4.78 is 11.3. The molecule has 0 saturated heterocycles. The molecule has 5 heteroatoms. The van der Waals surface area contributed by atoms with E-state index in [4.69, 9.17) is 9.47 Å². The lowest BCUT2D eigenvalue weighted by atomic mass is 9.97. The van der Waals surface area contributed by atoms with E-state index in [1.807, 2.05) is 62.4 Å². The summed E-state index contributed by atoms with van der Waals surface area (Å²) >= 11 is 0. The number of rotatable bonds is 12. The lowest BCUT2D eigenvalue weighted by Gasteiger charge is -2.13. The van der Waals surface area contributed by atoms with Crippen LogP contribution in [0.25, 0.3) is 12.2 Å². The fraction of sp³-hybridized carbons (Fsp3) is 0.300. The number of hydrogen-bond donors (Lipinski definition) is 1. The van der Waals surface area contributed by atoms with Crippen LogP contribution in [-0.2, 0) is 22.4 Å². The van der Waals surface area contributed by atoms with E-state index in [0.717, 1.165) is 29.5 Å². The molecule has 0 aliphatic rings. The van der Waals surface area contributed by atoms with Crippen molar-refractivity contribution in [3.63, 3.8) is 0 Å². The second kappa shape index (κ2) is 15.4. The Labute approximate surface area is 267 Å². The second-order valence-electron chi connectivity index (χ2n) is 12.6. The Morgan fingerprint density at radius 1 is 0.578 bits per heavy atom. The van der Waals surface area contributed by atoms with E-state index in [9.17, 15) is 14.7 Å². The standard InChI is InChI=1S/C40H44O5/c1-26(2)21-31-9-15-34(16-10-31)28(5)39(42)44-37-19-13-30(14-20-37)7-8-33-23-36(41)25-38(24-33)45-40(43)29(6)35-17-11-32(12-18-35)22-27(3)4/h7-20,23-29,41H,21-22H2,1-6H3/b8-7+. The molecule has 2 unspecified atom stereocenters. The maximum Gasteiger partial charge on any atom is 0.318 e. The van der Waals surface area contributed by atoms with E-state index in [0.29, 0.717) is 23.1 Å². The van der Waals surface area contributed by atoms with E-state index >= 15 is 0 Å². The van der Waals surface area contributed by atoms with E-state index in [2.05, 4.69) is 52.0 Å². The molecule has 5 nitrogen and oxygen atoms in total. The molecule has 0 saturated carbocycles. The molecule has 0 heterocycles. The number of phenolic OH excluding ortho intramolecular Hbond substituents is 1. The normalized spacial score (nSPS) is 12.8. The zero-order chi connectivity index (χ0) is 32.5. The number of esters is 2. The monoisotopic (exact) mass is 604 g/mol. The number of carbonyl (C=O) groups is 2. The van der Waals surface area contributed by atoms with Crippen molar-refractivity contribution in [2.45, 2.75) is 66.2 Å². The van der Waals surface area contributed by atoms with Crippen molar-refractivity contribution in [3.8, 4) is 17.2 Å². The van der Waals surface area contributed by atoms with Crippen molar-refractivity contribution in [2.24, 2.45) is 11.8 Å². The van der Waals surface area contributed by atoms with Crippen LogP contribution in [-0.4, -0.2) is 17.0 Å². The molecule has 0 amide bonds. The summed E-state index contributed by atoms with van der Waals surface area (Å²) in [7, 11) is 0. The van der Waals surface area contributed by atoms with Crippen molar-refractivity contribution >= 4 is 24.1 Å². The summed E-state index contributed by atoms with van der Waals surface area (Å²) in [5, 5.41) is 10.3. The second-order valence-corrected chi connectivity index (χ2v) is 12.6. The Morgan fingerprint density at radius 2 is 1.02 bits per heavy atom. The largest absolute Gasteiger partial charge is 0.508 e. The highest BCUT2D eigenvalue weighted by Crippen LogP contribution is 2.27. The van der Waals surface area contributed by atoms with Gasteiger partial charge in [-0.2, -0.15) is 0 Å². The summed E-state index contributed by atoms with van der Waals surface area (Å²) in [5.74, 6) is 0.338. The number of ether oxygens (including phenoxy) is 2. The van der Waals surface area contributed by atoms with Crippen LogP contribution in [0.2, 0.25) is 0 Å². The van der Waals surface area contributed by atoms with Gasteiger partial charge in [0, 0.05) is 6.07 Å². The molecular weight excluding hydrogens is 560 g/mol. The number of benzene rings is 4. The summed E-state index contributed by atoms with van der Waals surface area (Å²) in [4.78, 5) is 25.7. The molecule has 234 valence electrons. The van der Waals surface area contributed by atoms with Gasteiger partial charge >= 0.3 is 11.9 Å². The third-order valence-electron chi connectivity index (χ3n) is 7.65.